The zero-order chi connectivity index (χ0) is 37.3. The molecule has 0 heterocycles. The van der Waals surface area contributed by atoms with Crippen molar-refractivity contribution in [2.45, 2.75) is 251 Å². The van der Waals surface area contributed by atoms with E-state index in [-0.39, 0.29) is 18.7 Å². The van der Waals surface area contributed by atoms with Crippen LogP contribution >= 0.6 is 0 Å². The first-order chi connectivity index (χ1) is 25.1. The standard InChI is InChI=1S/C45H91NO5/c1-4-7-10-13-16-25-32-42-50-44(48)36-28-21-17-23-30-38-46(40-33-41-47)39-31-24-18-22-29-37-45(49)51-43(34-26-19-14-11-8-5-2)35-27-20-15-12-9-6-3/h43,45,47,49H,4-42H2,1-3H3. The van der Waals surface area contributed by atoms with Gasteiger partial charge in [0.1, 0.15) is 0 Å². The van der Waals surface area contributed by atoms with Crippen LogP contribution < -0.4 is 0 Å². The number of unbranched alkanes of at least 4 members (excludes halogenated alkanes) is 24. The molecule has 2 N–H and O–H groups in total. The number of aliphatic hydroxyl groups excluding tert-OH is 2. The maximum atomic E-state index is 12.0. The Balaban J connectivity index is 4.02. The zero-order valence-corrected chi connectivity index (χ0v) is 34.8. The van der Waals surface area contributed by atoms with Crippen LogP contribution in [0.3, 0.4) is 0 Å². The highest BCUT2D eigenvalue weighted by atomic mass is 16.6. The second kappa shape index (κ2) is 42.1. The molecule has 1 unspecified atom stereocenters. The molecule has 0 aromatic carbocycles. The summed E-state index contributed by atoms with van der Waals surface area (Å²) in [7, 11) is 0. The van der Waals surface area contributed by atoms with Crippen molar-refractivity contribution in [3.8, 4) is 0 Å². The SMILES string of the molecule is CCCCCCCCCOC(=O)CCCCCCCN(CCCO)CCCCCCCC(O)OC(CCCCCCCC)CCCCCCCC. The zero-order valence-electron chi connectivity index (χ0n) is 34.8. The van der Waals surface area contributed by atoms with Crippen molar-refractivity contribution >= 4 is 5.97 Å². The molecule has 0 aliphatic heterocycles. The van der Waals surface area contributed by atoms with Gasteiger partial charge in [-0.1, -0.05) is 175 Å². The number of esters is 1. The van der Waals surface area contributed by atoms with Gasteiger partial charge in [-0.15, -0.1) is 0 Å². The maximum Gasteiger partial charge on any atom is 0.305 e. The Morgan fingerprint density at radius 2 is 0.882 bits per heavy atom. The Morgan fingerprint density at radius 3 is 1.37 bits per heavy atom. The molecule has 6 heteroatoms. The Labute approximate surface area is 319 Å². The summed E-state index contributed by atoms with van der Waals surface area (Å²) in [5.74, 6) is -0.0214. The predicted octanol–water partition coefficient (Wildman–Crippen LogP) is 12.9. The first-order valence-corrected chi connectivity index (χ1v) is 22.9. The van der Waals surface area contributed by atoms with Gasteiger partial charge in [-0.3, -0.25) is 4.79 Å². The van der Waals surface area contributed by atoms with Crippen molar-refractivity contribution in [2.75, 3.05) is 32.8 Å². The number of hydrogen-bond donors (Lipinski definition) is 2. The lowest BCUT2D eigenvalue weighted by Gasteiger charge is -2.22. The van der Waals surface area contributed by atoms with Gasteiger partial charge in [-0.25, -0.2) is 0 Å². The third-order valence-corrected chi connectivity index (χ3v) is 10.5. The lowest BCUT2D eigenvalue weighted by molar-refractivity contribution is -0.144. The van der Waals surface area contributed by atoms with Crippen LogP contribution in [0.2, 0.25) is 0 Å². The molecule has 0 aliphatic carbocycles. The van der Waals surface area contributed by atoms with Gasteiger partial charge in [-0.05, 0) is 70.9 Å². The smallest absolute Gasteiger partial charge is 0.305 e. The monoisotopic (exact) mass is 726 g/mol. The Bertz CT molecular complexity index is 661. The highest BCUT2D eigenvalue weighted by Crippen LogP contribution is 2.20. The molecule has 306 valence electrons. The molecule has 0 aromatic heterocycles. The van der Waals surface area contributed by atoms with Gasteiger partial charge in [0.25, 0.3) is 0 Å². The molecule has 0 amide bonds. The largest absolute Gasteiger partial charge is 0.466 e. The highest BCUT2D eigenvalue weighted by Gasteiger charge is 2.15. The summed E-state index contributed by atoms with van der Waals surface area (Å²) in [5, 5.41) is 20.1. The molecule has 0 bridgehead atoms. The second-order valence-electron chi connectivity index (χ2n) is 15.7. The van der Waals surface area contributed by atoms with E-state index in [9.17, 15) is 15.0 Å². The number of nitrogens with zero attached hydrogens (tertiary/aromatic N) is 1. The van der Waals surface area contributed by atoms with Crippen molar-refractivity contribution in [1.82, 2.24) is 4.90 Å². The van der Waals surface area contributed by atoms with E-state index in [4.69, 9.17) is 9.47 Å². The van der Waals surface area contributed by atoms with Crippen LogP contribution in [0.5, 0.6) is 0 Å². The van der Waals surface area contributed by atoms with Crippen LogP contribution in [0.4, 0.5) is 0 Å². The molecular formula is C45H91NO5. The Morgan fingerprint density at radius 1 is 0.490 bits per heavy atom. The summed E-state index contributed by atoms with van der Waals surface area (Å²) in [6, 6.07) is 0. The lowest BCUT2D eigenvalue weighted by atomic mass is 10.0. The molecule has 0 aliphatic rings. The summed E-state index contributed by atoms with van der Waals surface area (Å²) in [5.41, 5.74) is 0. The minimum Gasteiger partial charge on any atom is -0.466 e. The number of hydrogen-bond acceptors (Lipinski definition) is 6. The Hall–Kier alpha value is -0.690. The second-order valence-corrected chi connectivity index (χ2v) is 15.7. The number of aliphatic hydroxyl groups is 2. The van der Waals surface area contributed by atoms with Crippen LogP contribution in [0.25, 0.3) is 0 Å². The topological polar surface area (TPSA) is 79.2 Å². The van der Waals surface area contributed by atoms with Crippen molar-refractivity contribution in [2.24, 2.45) is 0 Å². The average Bonchev–Trinajstić information content (AvgIpc) is 3.13. The van der Waals surface area contributed by atoms with Gasteiger partial charge in [0.15, 0.2) is 6.29 Å². The maximum absolute atomic E-state index is 12.0. The molecule has 6 nitrogen and oxygen atoms in total. The molecule has 0 saturated carbocycles. The predicted molar refractivity (Wildman–Crippen MR) is 219 cm³/mol. The van der Waals surface area contributed by atoms with E-state index < -0.39 is 6.29 Å². The van der Waals surface area contributed by atoms with Crippen molar-refractivity contribution in [1.29, 1.82) is 0 Å². The van der Waals surface area contributed by atoms with Crippen LogP contribution in [-0.4, -0.2) is 66.3 Å². The van der Waals surface area contributed by atoms with E-state index >= 15 is 0 Å². The highest BCUT2D eigenvalue weighted by molar-refractivity contribution is 5.69. The number of ether oxygens (including phenoxy) is 2. The molecular weight excluding hydrogens is 634 g/mol. The fourth-order valence-corrected chi connectivity index (χ4v) is 7.14. The van der Waals surface area contributed by atoms with Crippen molar-refractivity contribution < 1.29 is 24.5 Å². The molecule has 0 aromatic rings. The first kappa shape index (κ1) is 50.3. The summed E-state index contributed by atoms with van der Waals surface area (Å²) in [4.78, 5) is 14.5. The lowest BCUT2D eigenvalue weighted by Crippen LogP contribution is -2.27. The van der Waals surface area contributed by atoms with Gasteiger partial charge < -0.3 is 24.6 Å². The summed E-state index contributed by atoms with van der Waals surface area (Å²) in [6.07, 6.45) is 39.8. The van der Waals surface area contributed by atoms with Crippen LogP contribution in [0.15, 0.2) is 0 Å². The number of carbonyl (C=O) groups is 1. The third kappa shape index (κ3) is 38.8. The normalized spacial score (nSPS) is 12.4. The van der Waals surface area contributed by atoms with Crippen LogP contribution in [0.1, 0.15) is 239 Å². The molecule has 51 heavy (non-hydrogen) atoms. The summed E-state index contributed by atoms with van der Waals surface area (Å²) >= 11 is 0. The summed E-state index contributed by atoms with van der Waals surface area (Å²) < 4.78 is 11.6. The molecule has 0 spiro atoms. The number of rotatable bonds is 43. The van der Waals surface area contributed by atoms with Crippen LogP contribution in [0, 0.1) is 0 Å². The fraction of sp³-hybridized carbons (Fsp3) is 0.978. The quantitative estimate of drug-likeness (QED) is 0.0370. The third-order valence-electron chi connectivity index (χ3n) is 10.5. The molecule has 1 atom stereocenters. The van der Waals surface area contributed by atoms with E-state index in [2.05, 4.69) is 25.7 Å². The van der Waals surface area contributed by atoms with E-state index in [1.54, 1.807) is 0 Å². The first-order valence-electron chi connectivity index (χ1n) is 22.9. The molecule has 0 fully saturated rings. The van der Waals surface area contributed by atoms with E-state index in [1.165, 1.54) is 154 Å². The van der Waals surface area contributed by atoms with Crippen LogP contribution in [-0.2, 0) is 14.3 Å². The van der Waals surface area contributed by atoms with E-state index in [0.29, 0.717) is 13.0 Å². The fourth-order valence-electron chi connectivity index (χ4n) is 7.14. The van der Waals surface area contributed by atoms with E-state index in [1.807, 2.05) is 0 Å². The summed E-state index contributed by atoms with van der Waals surface area (Å²) in [6.45, 7) is 10.8. The van der Waals surface area contributed by atoms with Crippen molar-refractivity contribution in [3.05, 3.63) is 0 Å². The minimum atomic E-state index is -0.613. The van der Waals surface area contributed by atoms with Gasteiger partial charge in [0, 0.05) is 19.6 Å². The van der Waals surface area contributed by atoms with E-state index in [0.717, 1.165) is 77.4 Å². The van der Waals surface area contributed by atoms with Gasteiger partial charge in [0.05, 0.1) is 12.7 Å². The molecule has 0 radical (unpaired) electrons. The van der Waals surface area contributed by atoms with Gasteiger partial charge >= 0.3 is 5.97 Å². The van der Waals surface area contributed by atoms with Gasteiger partial charge in [0.2, 0.25) is 0 Å². The Kier molecular flexibility index (Phi) is 41.5. The van der Waals surface area contributed by atoms with Gasteiger partial charge in [-0.2, -0.15) is 0 Å². The van der Waals surface area contributed by atoms with Crippen molar-refractivity contribution in [3.63, 3.8) is 0 Å². The average molecular weight is 726 g/mol. The molecule has 0 rings (SSSR count). The minimum absolute atomic E-state index is 0.0214. The number of carbonyl (C=O) groups excluding carboxylic acids is 1. The molecule has 0 saturated heterocycles.